The van der Waals surface area contributed by atoms with Gasteiger partial charge >= 0.3 is 0 Å². The van der Waals surface area contributed by atoms with Gasteiger partial charge in [-0.3, -0.25) is 0 Å². The standard InChI is InChI=1S/C14H24N4/c1-5-9-15-12-10(3)14(18(4)6-2)17-13(16-12)11-7-8-11/h11H,5-9H2,1-4H3,(H,15,16,17). The number of nitrogens with zero attached hydrogens (tertiary/aromatic N) is 3. The van der Waals surface area contributed by atoms with Crippen LogP contribution in [0.25, 0.3) is 0 Å². The summed E-state index contributed by atoms with van der Waals surface area (Å²) in [7, 11) is 2.09. The fourth-order valence-corrected chi connectivity index (χ4v) is 1.98. The van der Waals surface area contributed by atoms with E-state index in [0.29, 0.717) is 5.92 Å². The molecule has 0 aromatic carbocycles. The number of hydrogen-bond acceptors (Lipinski definition) is 4. The first-order valence-electron chi connectivity index (χ1n) is 7.00. The summed E-state index contributed by atoms with van der Waals surface area (Å²) >= 11 is 0. The summed E-state index contributed by atoms with van der Waals surface area (Å²) in [5.41, 5.74) is 1.16. The van der Waals surface area contributed by atoms with E-state index >= 15 is 0 Å². The van der Waals surface area contributed by atoms with Gasteiger partial charge in [-0.1, -0.05) is 6.92 Å². The molecule has 2 rings (SSSR count). The van der Waals surface area contributed by atoms with E-state index in [9.17, 15) is 0 Å². The SMILES string of the molecule is CCCNc1nc(C2CC2)nc(N(C)CC)c1C. The van der Waals surface area contributed by atoms with Crippen molar-refractivity contribution in [2.45, 2.75) is 46.0 Å². The van der Waals surface area contributed by atoms with Crippen molar-refractivity contribution in [3.63, 3.8) is 0 Å². The molecule has 1 heterocycles. The lowest BCUT2D eigenvalue weighted by Gasteiger charge is -2.21. The van der Waals surface area contributed by atoms with E-state index in [1.165, 1.54) is 12.8 Å². The lowest BCUT2D eigenvalue weighted by atomic mass is 10.2. The normalized spacial score (nSPS) is 14.7. The number of aromatic nitrogens is 2. The highest BCUT2D eigenvalue weighted by molar-refractivity contribution is 5.58. The topological polar surface area (TPSA) is 41.1 Å². The van der Waals surface area contributed by atoms with E-state index in [4.69, 9.17) is 9.97 Å². The Morgan fingerprint density at radius 2 is 2.00 bits per heavy atom. The summed E-state index contributed by atoms with van der Waals surface area (Å²) in [4.78, 5) is 11.6. The summed E-state index contributed by atoms with van der Waals surface area (Å²) in [6.07, 6.45) is 3.60. The molecule has 4 heteroatoms. The first-order chi connectivity index (χ1) is 8.67. The molecule has 0 atom stereocenters. The second-order valence-corrected chi connectivity index (χ2v) is 5.09. The summed E-state index contributed by atoms with van der Waals surface area (Å²) in [6, 6.07) is 0. The predicted octanol–water partition coefficient (Wildman–Crippen LogP) is 2.94. The molecule has 1 aromatic heterocycles. The molecular weight excluding hydrogens is 224 g/mol. The minimum atomic E-state index is 0.594. The molecule has 0 spiro atoms. The van der Waals surface area contributed by atoms with Gasteiger partial charge in [0.2, 0.25) is 0 Å². The smallest absolute Gasteiger partial charge is 0.137 e. The van der Waals surface area contributed by atoms with Gasteiger partial charge in [0.15, 0.2) is 0 Å². The molecule has 100 valence electrons. The van der Waals surface area contributed by atoms with Crippen LogP contribution < -0.4 is 10.2 Å². The van der Waals surface area contributed by atoms with Crippen molar-refractivity contribution in [3.05, 3.63) is 11.4 Å². The van der Waals surface area contributed by atoms with Crippen molar-refractivity contribution < 1.29 is 0 Å². The molecule has 1 aromatic rings. The third-order valence-electron chi connectivity index (χ3n) is 3.46. The molecule has 1 N–H and O–H groups in total. The van der Waals surface area contributed by atoms with Gasteiger partial charge in [0, 0.05) is 31.6 Å². The Balaban J connectivity index is 2.34. The average Bonchev–Trinajstić information content (AvgIpc) is 3.21. The van der Waals surface area contributed by atoms with Crippen molar-refractivity contribution in [2.24, 2.45) is 0 Å². The van der Waals surface area contributed by atoms with Crippen LogP contribution in [0.1, 0.15) is 50.4 Å². The third kappa shape index (κ3) is 2.74. The average molecular weight is 248 g/mol. The minimum Gasteiger partial charge on any atom is -0.370 e. The highest BCUT2D eigenvalue weighted by Crippen LogP contribution is 2.39. The second kappa shape index (κ2) is 5.55. The molecule has 1 fully saturated rings. The van der Waals surface area contributed by atoms with E-state index < -0.39 is 0 Å². The molecule has 0 amide bonds. The van der Waals surface area contributed by atoms with Gasteiger partial charge < -0.3 is 10.2 Å². The molecule has 4 nitrogen and oxygen atoms in total. The summed E-state index contributed by atoms with van der Waals surface area (Å²) in [5.74, 6) is 3.71. The Morgan fingerprint density at radius 1 is 1.28 bits per heavy atom. The molecule has 0 saturated heterocycles. The van der Waals surface area contributed by atoms with Gasteiger partial charge in [0.25, 0.3) is 0 Å². The molecule has 0 bridgehead atoms. The molecule has 1 aliphatic carbocycles. The molecular formula is C14H24N4. The number of anilines is 2. The molecule has 0 aliphatic heterocycles. The minimum absolute atomic E-state index is 0.594. The van der Waals surface area contributed by atoms with Crippen LogP contribution in [0.4, 0.5) is 11.6 Å². The molecule has 1 aliphatic rings. The summed E-state index contributed by atoms with van der Waals surface area (Å²) in [6.45, 7) is 8.37. The second-order valence-electron chi connectivity index (χ2n) is 5.09. The number of rotatable bonds is 6. The van der Waals surface area contributed by atoms with Crippen molar-refractivity contribution in [3.8, 4) is 0 Å². The van der Waals surface area contributed by atoms with E-state index in [1.54, 1.807) is 0 Å². The van der Waals surface area contributed by atoms with Gasteiger partial charge in [0.05, 0.1) is 0 Å². The van der Waals surface area contributed by atoms with E-state index in [2.05, 4.69) is 38.0 Å². The van der Waals surface area contributed by atoms with Crippen molar-refractivity contribution in [1.82, 2.24) is 9.97 Å². The van der Waals surface area contributed by atoms with Crippen LogP contribution in [0.15, 0.2) is 0 Å². The maximum atomic E-state index is 4.75. The fourth-order valence-electron chi connectivity index (χ4n) is 1.98. The van der Waals surface area contributed by atoms with Gasteiger partial charge in [-0.05, 0) is 33.1 Å². The summed E-state index contributed by atoms with van der Waals surface area (Å²) < 4.78 is 0. The maximum Gasteiger partial charge on any atom is 0.137 e. The lowest BCUT2D eigenvalue weighted by molar-refractivity contribution is 0.857. The van der Waals surface area contributed by atoms with Crippen molar-refractivity contribution in [1.29, 1.82) is 0 Å². The quantitative estimate of drug-likeness (QED) is 0.840. The van der Waals surface area contributed by atoms with Crippen LogP contribution in [-0.4, -0.2) is 30.1 Å². The number of nitrogens with one attached hydrogen (secondary N) is 1. The van der Waals surface area contributed by atoms with Crippen molar-refractivity contribution >= 4 is 11.6 Å². The first-order valence-corrected chi connectivity index (χ1v) is 7.00. The Hall–Kier alpha value is -1.32. The van der Waals surface area contributed by atoms with Gasteiger partial charge in [0.1, 0.15) is 17.5 Å². The lowest BCUT2D eigenvalue weighted by Crippen LogP contribution is -2.21. The van der Waals surface area contributed by atoms with Gasteiger partial charge in [-0.25, -0.2) is 9.97 Å². The van der Waals surface area contributed by atoms with E-state index in [1.807, 2.05) is 0 Å². The highest BCUT2D eigenvalue weighted by atomic mass is 15.2. The van der Waals surface area contributed by atoms with Crippen LogP contribution in [0.5, 0.6) is 0 Å². The van der Waals surface area contributed by atoms with E-state index in [-0.39, 0.29) is 0 Å². The maximum absolute atomic E-state index is 4.75. The predicted molar refractivity (Wildman–Crippen MR) is 76.5 cm³/mol. The van der Waals surface area contributed by atoms with Crippen LogP contribution in [-0.2, 0) is 0 Å². The summed E-state index contributed by atoms with van der Waals surface area (Å²) in [5, 5.41) is 3.43. The Kier molecular flexibility index (Phi) is 4.04. The zero-order valence-electron chi connectivity index (χ0n) is 12.0. The highest BCUT2D eigenvalue weighted by Gasteiger charge is 2.28. The molecule has 1 saturated carbocycles. The molecule has 0 unspecified atom stereocenters. The monoisotopic (exact) mass is 248 g/mol. The van der Waals surface area contributed by atoms with Gasteiger partial charge in [-0.15, -0.1) is 0 Å². The largest absolute Gasteiger partial charge is 0.370 e. The molecule has 0 radical (unpaired) electrons. The zero-order chi connectivity index (χ0) is 13.1. The Bertz CT molecular complexity index is 413. The third-order valence-corrected chi connectivity index (χ3v) is 3.46. The van der Waals surface area contributed by atoms with Crippen LogP contribution in [0, 0.1) is 6.92 Å². The van der Waals surface area contributed by atoms with Crippen LogP contribution in [0.2, 0.25) is 0 Å². The van der Waals surface area contributed by atoms with E-state index in [0.717, 1.165) is 42.5 Å². The van der Waals surface area contributed by atoms with Crippen LogP contribution >= 0.6 is 0 Å². The first kappa shape index (κ1) is 13.1. The Labute approximate surface area is 110 Å². The van der Waals surface area contributed by atoms with Crippen molar-refractivity contribution in [2.75, 3.05) is 30.4 Å². The number of hydrogen-bond donors (Lipinski definition) is 1. The fraction of sp³-hybridized carbons (Fsp3) is 0.714. The Morgan fingerprint density at radius 3 is 2.56 bits per heavy atom. The molecule has 18 heavy (non-hydrogen) atoms. The van der Waals surface area contributed by atoms with Crippen LogP contribution in [0.3, 0.4) is 0 Å². The zero-order valence-corrected chi connectivity index (χ0v) is 12.0. The van der Waals surface area contributed by atoms with Gasteiger partial charge in [-0.2, -0.15) is 0 Å².